The molecule has 0 saturated carbocycles. The first-order chi connectivity index (χ1) is 15.8. The maximum atomic E-state index is 13.7. The first kappa shape index (κ1) is 22.9. The molecule has 0 N–H and O–H groups in total. The van der Waals surface area contributed by atoms with E-state index in [9.17, 15) is 18.0 Å². The molecule has 1 amide bonds. The van der Waals surface area contributed by atoms with Crippen LogP contribution in [0.15, 0.2) is 48.9 Å². The second-order valence-electron chi connectivity index (χ2n) is 8.55. The minimum Gasteiger partial charge on any atom is -0.335 e. The standard InChI is InChI=1S/C24H26F3N5O/c1-16-6-4-14-31(21(16)11-10-19-9-8-18(15-28-19)24(25,26)27)23(33)20-7-3-5-17(2)22(20)32-29-12-13-30-32/h3,5,7-9,12-13,15-16,21H,4,6,10-11,14H2,1-2H3/t16-,21-/m1/s1. The lowest BCUT2D eigenvalue weighted by Gasteiger charge is -2.40. The number of pyridine rings is 1. The summed E-state index contributed by atoms with van der Waals surface area (Å²) in [5, 5.41) is 8.43. The Labute approximate surface area is 190 Å². The molecule has 0 radical (unpaired) electrons. The van der Waals surface area contributed by atoms with E-state index in [1.54, 1.807) is 18.5 Å². The molecule has 0 spiro atoms. The zero-order chi connectivity index (χ0) is 23.6. The third-order valence-electron chi connectivity index (χ3n) is 6.31. The van der Waals surface area contributed by atoms with Crippen LogP contribution in [0.4, 0.5) is 13.2 Å². The molecule has 6 nitrogen and oxygen atoms in total. The van der Waals surface area contributed by atoms with Crippen LogP contribution in [-0.4, -0.2) is 43.4 Å². The molecule has 2 atom stereocenters. The van der Waals surface area contributed by atoms with Gasteiger partial charge in [-0.1, -0.05) is 19.1 Å². The Morgan fingerprint density at radius 2 is 1.91 bits per heavy atom. The number of alkyl halides is 3. The summed E-state index contributed by atoms with van der Waals surface area (Å²) in [7, 11) is 0. The van der Waals surface area contributed by atoms with Crippen LogP contribution in [0.5, 0.6) is 0 Å². The number of likely N-dealkylation sites (tertiary alicyclic amines) is 1. The zero-order valence-corrected chi connectivity index (χ0v) is 18.6. The second-order valence-corrected chi connectivity index (χ2v) is 8.55. The number of carbonyl (C=O) groups excluding carboxylic acids is 1. The van der Waals surface area contributed by atoms with Gasteiger partial charge in [-0.15, -0.1) is 0 Å². The van der Waals surface area contributed by atoms with Crippen molar-refractivity contribution in [3.05, 3.63) is 71.3 Å². The van der Waals surface area contributed by atoms with Crippen molar-refractivity contribution in [1.82, 2.24) is 24.9 Å². The molecule has 0 bridgehead atoms. The van der Waals surface area contributed by atoms with Gasteiger partial charge in [0.1, 0.15) is 5.69 Å². The van der Waals surface area contributed by atoms with E-state index in [1.807, 2.05) is 24.0 Å². The summed E-state index contributed by atoms with van der Waals surface area (Å²) >= 11 is 0. The van der Waals surface area contributed by atoms with Crippen LogP contribution >= 0.6 is 0 Å². The lowest BCUT2D eigenvalue weighted by molar-refractivity contribution is -0.137. The van der Waals surface area contributed by atoms with Crippen molar-refractivity contribution in [2.75, 3.05) is 6.54 Å². The maximum Gasteiger partial charge on any atom is 0.417 e. The lowest BCUT2D eigenvalue weighted by Crippen LogP contribution is -2.48. The largest absolute Gasteiger partial charge is 0.417 e. The van der Waals surface area contributed by atoms with E-state index in [2.05, 4.69) is 22.1 Å². The van der Waals surface area contributed by atoms with E-state index in [-0.39, 0.29) is 17.9 Å². The Balaban J connectivity index is 1.56. The third-order valence-corrected chi connectivity index (χ3v) is 6.31. The van der Waals surface area contributed by atoms with Crippen molar-refractivity contribution >= 4 is 5.91 Å². The molecule has 174 valence electrons. The van der Waals surface area contributed by atoms with Gasteiger partial charge in [-0.3, -0.25) is 9.78 Å². The highest BCUT2D eigenvalue weighted by Crippen LogP contribution is 2.31. The Hall–Kier alpha value is -3.23. The monoisotopic (exact) mass is 457 g/mol. The number of carbonyl (C=O) groups is 1. The van der Waals surface area contributed by atoms with E-state index in [1.165, 1.54) is 10.9 Å². The molecule has 0 unspecified atom stereocenters. The number of benzene rings is 1. The molecule has 33 heavy (non-hydrogen) atoms. The molecular formula is C24H26F3N5O. The highest BCUT2D eigenvalue weighted by Gasteiger charge is 2.34. The van der Waals surface area contributed by atoms with Crippen LogP contribution in [0.25, 0.3) is 5.69 Å². The SMILES string of the molecule is Cc1cccc(C(=O)N2CCC[C@@H](C)[C@H]2CCc2ccc(C(F)(F)F)cn2)c1-n1nccn1. The molecule has 0 aliphatic carbocycles. The highest BCUT2D eigenvalue weighted by atomic mass is 19.4. The van der Waals surface area contributed by atoms with Gasteiger partial charge >= 0.3 is 6.18 Å². The van der Waals surface area contributed by atoms with E-state index in [0.717, 1.165) is 30.7 Å². The number of nitrogens with zero attached hydrogens (tertiary/aromatic N) is 5. The van der Waals surface area contributed by atoms with Crippen molar-refractivity contribution in [2.24, 2.45) is 5.92 Å². The molecule has 1 aromatic carbocycles. The molecule has 1 fully saturated rings. The number of rotatable bonds is 5. The van der Waals surface area contributed by atoms with Crippen molar-refractivity contribution in [1.29, 1.82) is 0 Å². The number of amides is 1. The topological polar surface area (TPSA) is 63.9 Å². The van der Waals surface area contributed by atoms with Gasteiger partial charge in [0.25, 0.3) is 5.91 Å². The number of piperidine rings is 1. The highest BCUT2D eigenvalue weighted by molar-refractivity contribution is 5.98. The fourth-order valence-electron chi connectivity index (χ4n) is 4.56. The average molecular weight is 458 g/mol. The maximum absolute atomic E-state index is 13.7. The Bertz CT molecular complexity index is 1100. The molecule has 9 heteroatoms. The molecule has 1 saturated heterocycles. The van der Waals surface area contributed by atoms with Crippen molar-refractivity contribution < 1.29 is 18.0 Å². The van der Waals surface area contributed by atoms with Crippen LogP contribution in [0.2, 0.25) is 0 Å². The van der Waals surface area contributed by atoms with Crippen molar-refractivity contribution in [3.8, 4) is 5.69 Å². The van der Waals surface area contributed by atoms with Crippen molar-refractivity contribution in [3.63, 3.8) is 0 Å². The summed E-state index contributed by atoms with van der Waals surface area (Å²) in [5.41, 5.74) is 1.93. The minimum atomic E-state index is -4.40. The number of aryl methyl sites for hydroxylation is 2. The Morgan fingerprint density at radius 1 is 1.15 bits per heavy atom. The first-order valence-electron chi connectivity index (χ1n) is 11.0. The lowest BCUT2D eigenvalue weighted by atomic mass is 9.86. The molecule has 1 aliphatic rings. The van der Waals surface area contributed by atoms with Crippen LogP contribution < -0.4 is 0 Å². The second kappa shape index (κ2) is 9.33. The van der Waals surface area contributed by atoms with Gasteiger partial charge in [-0.05, 0) is 62.3 Å². The van der Waals surface area contributed by atoms with Crippen LogP contribution in [0, 0.1) is 12.8 Å². The van der Waals surface area contributed by atoms with Gasteiger partial charge < -0.3 is 4.90 Å². The first-order valence-corrected chi connectivity index (χ1v) is 11.0. The number of para-hydroxylation sites is 1. The molecule has 3 heterocycles. The normalized spacial score (nSPS) is 19.0. The number of aromatic nitrogens is 4. The Kier molecular flexibility index (Phi) is 6.49. The van der Waals surface area contributed by atoms with E-state index in [0.29, 0.717) is 36.3 Å². The van der Waals surface area contributed by atoms with Gasteiger partial charge in [-0.25, -0.2) is 0 Å². The van der Waals surface area contributed by atoms with Crippen LogP contribution in [-0.2, 0) is 12.6 Å². The number of halogens is 3. The van der Waals surface area contributed by atoms with Gasteiger partial charge in [-0.2, -0.15) is 28.2 Å². The summed E-state index contributed by atoms with van der Waals surface area (Å²) in [6.07, 6.45) is 2.65. The van der Waals surface area contributed by atoms with Crippen molar-refractivity contribution in [2.45, 2.75) is 51.7 Å². The fraction of sp³-hybridized carbons (Fsp3) is 0.417. The third kappa shape index (κ3) is 4.91. The predicted octanol–water partition coefficient (Wildman–Crippen LogP) is 4.86. The van der Waals surface area contributed by atoms with E-state index >= 15 is 0 Å². The molecule has 2 aromatic heterocycles. The zero-order valence-electron chi connectivity index (χ0n) is 18.6. The fourth-order valence-corrected chi connectivity index (χ4v) is 4.56. The smallest absolute Gasteiger partial charge is 0.335 e. The predicted molar refractivity (Wildman–Crippen MR) is 117 cm³/mol. The molecule has 4 rings (SSSR count). The molecule has 1 aliphatic heterocycles. The minimum absolute atomic E-state index is 0.0331. The van der Waals surface area contributed by atoms with Crippen LogP contribution in [0.3, 0.4) is 0 Å². The van der Waals surface area contributed by atoms with Gasteiger partial charge in [0.15, 0.2) is 0 Å². The molecule has 3 aromatic rings. The van der Waals surface area contributed by atoms with Crippen LogP contribution in [0.1, 0.15) is 53.4 Å². The van der Waals surface area contributed by atoms with Gasteiger partial charge in [0, 0.05) is 24.5 Å². The molecular weight excluding hydrogens is 431 g/mol. The van der Waals surface area contributed by atoms with E-state index in [4.69, 9.17) is 0 Å². The summed E-state index contributed by atoms with van der Waals surface area (Å²) in [6.45, 7) is 4.67. The summed E-state index contributed by atoms with van der Waals surface area (Å²) in [5.74, 6) is 0.191. The quantitative estimate of drug-likeness (QED) is 0.549. The number of hydrogen-bond acceptors (Lipinski definition) is 4. The summed E-state index contributed by atoms with van der Waals surface area (Å²) < 4.78 is 38.5. The number of hydrogen-bond donors (Lipinski definition) is 0. The summed E-state index contributed by atoms with van der Waals surface area (Å²) in [4.78, 5) is 21.1. The average Bonchev–Trinajstić information content (AvgIpc) is 3.31. The van der Waals surface area contributed by atoms with Gasteiger partial charge in [0.2, 0.25) is 0 Å². The summed E-state index contributed by atoms with van der Waals surface area (Å²) in [6, 6.07) is 8.01. The van der Waals surface area contributed by atoms with Gasteiger partial charge in [0.05, 0.1) is 23.5 Å². The van der Waals surface area contributed by atoms with E-state index < -0.39 is 11.7 Å². The Morgan fingerprint density at radius 3 is 2.58 bits per heavy atom.